The number of amides is 2. The van der Waals surface area contributed by atoms with Gasteiger partial charge in [-0.2, -0.15) is 0 Å². The van der Waals surface area contributed by atoms with E-state index in [4.69, 9.17) is 5.11 Å². The summed E-state index contributed by atoms with van der Waals surface area (Å²) in [6.45, 7) is 3.35. The van der Waals surface area contributed by atoms with Gasteiger partial charge in [-0.3, -0.25) is 4.79 Å². The molecule has 0 aromatic rings. The first-order valence-corrected chi connectivity index (χ1v) is 10.6. The Labute approximate surface area is 160 Å². The van der Waals surface area contributed by atoms with E-state index in [9.17, 15) is 9.59 Å². The number of carbonyl (C=O) groups is 2. The number of carbonyl (C=O) groups excluding carboxylic acids is 1. The van der Waals surface area contributed by atoms with E-state index in [1.807, 2.05) is 0 Å². The van der Waals surface area contributed by atoms with Crippen LogP contribution in [-0.2, 0) is 4.79 Å². The lowest BCUT2D eigenvalue weighted by Gasteiger charge is -2.43. The maximum absolute atomic E-state index is 13.2. The Morgan fingerprint density at radius 3 is 2.33 bits per heavy atom. The Hall–Kier alpha value is -1.82. The average Bonchev–Trinajstić information content (AvgIpc) is 3.47. The second kappa shape index (κ2) is 6.36. The molecule has 0 bridgehead atoms. The molecule has 0 unspecified atom stereocenters. The number of hydrogen-bond donors (Lipinski definition) is 1. The summed E-state index contributed by atoms with van der Waals surface area (Å²) in [6, 6.07) is 0.849. The van der Waals surface area contributed by atoms with Crippen molar-refractivity contribution in [3.05, 3.63) is 23.4 Å². The summed E-state index contributed by atoms with van der Waals surface area (Å²) in [6.07, 6.45) is 11.8. The smallest absolute Gasteiger partial charge is 0.407 e. The van der Waals surface area contributed by atoms with Gasteiger partial charge in [0.1, 0.15) is 0 Å². The first kappa shape index (κ1) is 17.3. The van der Waals surface area contributed by atoms with Crippen LogP contribution in [0.15, 0.2) is 23.4 Å². The summed E-state index contributed by atoms with van der Waals surface area (Å²) in [5.74, 6) is 0.382. The highest BCUT2D eigenvalue weighted by atomic mass is 16.4. The Kier molecular flexibility index (Phi) is 4.08. The van der Waals surface area contributed by atoms with E-state index in [0.717, 1.165) is 64.5 Å². The van der Waals surface area contributed by atoms with E-state index in [1.54, 1.807) is 0 Å². The number of piperidine rings is 2. The third kappa shape index (κ3) is 2.72. The van der Waals surface area contributed by atoms with Crippen LogP contribution >= 0.6 is 0 Å². The minimum Gasteiger partial charge on any atom is -0.465 e. The van der Waals surface area contributed by atoms with Gasteiger partial charge < -0.3 is 19.8 Å². The zero-order valence-electron chi connectivity index (χ0n) is 15.9. The Morgan fingerprint density at radius 1 is 1.04 bits per heavy atom. The lowest BCUT2D eigenvalue weighted by molar-refractivity contribution is -0.134. The number of rotatable bonds is 2. The van der Waals surface area contributed by atoms with E-state index in [1.165, 1.54) is 16.2 Å². The van der Waals surface area contributed by atoms with Gasteiger partial charge in [0.2, 0.25) is 5.91 Å². The quantitative estimate of drug-likeness (QED) is 0.811. The van der Waals surface area contributed by atoms with Crippen molar-refractivity contribution in [3.8, 4) is 0 Å². The average molecular weight is 371 g/mol. The molecule has 1 spiro atoms. The van der Waals surface area contributed by atoms with Crippen molar-refractivity contribution in [2.45, 2.75) is 63.5 Å². The van der Waals surface area contributed by atoms with Crippen LogP contribution in [0, 0.1) is 5.41 Å². The molecule has 27 heavy (non-hydrogen) atoms. The lowest BCUT2D eigenvalue weighted by atomic mass is 9.93. The van der Waals surface area contributed by atoms with E-state index < -0.39 is 6.09 Å². The van der Waals surface area contributed by atoms with Gasteiger partial charge in [-0.15, -0.1) is 0 Å². The molecule has 6 heteroatoms. The molecule has 2 amide bonds. The normalized spacial score (nSPS) is 29.0. The van der Waals surface area contributed by atoms with Crippen LogP contribution in [0.2, 0.25) is 0 Å². The summed E-state index contributed by atoms with van der Waals surface area (Å²) >= 11 is 0. The van der Waals surface area contributed by atoms with Crippen molar-refractivity contribution in [2.75, 3.05) is 26.2 Å². The maximum Gasteiger partial charge on any atom is 0.407 e. The Morgan fingerprint density at radius 2 is 1.70 bits per heavy atom. The number of likely N-dealkylation sites (tertiary alicyclic amines) is 2. The van der Waals surface area contributed by atoms with Gasteiger partial charge >= 0.3 is 6.09 Å². The first-order valence-electron chi connectivity index (χ1n) is 10.6. The predicted octanol–water partition coefficient (Wildman–Crippen LogP) is 2.82. The van der Waals surface area contributed by atoms with Crippen molar-refractivity contribution < 1.29 is 14.7 Å². The van der Waals surface area contributed by atoms with Crippen molar-refractivity contribution >= 4 is 12.0 Å². The summed E-state index contributed by atoms with van der Waals surface area (Å²) in [5.41, 5.74) is 2.52. The molecule has 2 aliphatic carbocycles. The molecule has 1 saturated carbocycles. The monoisotopic (exact) mass is 371 g/mol. The van der Waals surface area contributed by atoms with Gasteiger partial charge in [0, 0.05) is 44.0 Å². The molecular weight excluding hydrogens is 342 g/mol. The molecule has 146 valence electrons. The molecule has 0 aromatic heterocycles. The van der Waals surface area contributed by atoms with Crippen LogP contribution in [0.5, 0.6) is 0 Å². The largest absolute Gasteiger partial charge is 0.465 e. The molecule has 3 aliphatic heterocycles. The number of carboxylic acid groups (broad SMARTS) is 1. The summed E-state index contributed by atoms with van der Waals surface area (Å²) in [5, 5.41) is 9.12. The molecule has 3 fully saturated rings. The minimum absolute atomic E-state index is 0.146. The van der Waals surface area contributed by atoms with E-state index in [0.29, 0.717) is 31.1 Å². The molecule has 1 N–H and O–H groups in total. The number of allylic oxidation sites excluding steroid dienone is 3. The highest BCUT2D eigenvalue weighted by Gasteiger charge is 2.60. The van der Waals surface area contributed by atoms with Gasteiger partial charge in [-0.05, 0) is 56.9 Å². The maximum atomic E-state index is 13.2. The molecule has 0 atom stereocenters. The topological polar surface area (TPSA) is 64.1 Å². The molecule has 5 aliphatic rings. The van der Waals surface area contributed by atoms with Crippen LogP contribution < -0.4 is 0 Å². The van der Waals surface area contributed by atoms with E-state index in [-0.39, 0.29) is 5.41 Å². The molecule has 3 heterocycles. The second-order valence-corrected chi connectivity index (χ2v) is 8.83. The van der Waals surface area contributed by atoms with E-state index >= 15 is 0 Å². The zero-order valence-corrected chi connectivity index (χ0v) is 15.9. The summed E-state index contributed by atoms with van der Waals surface area (Å²) in [7, 11) is 0. The van der Waals surface area contributed by atoms with Crippen molar-refractivity contribution in [1.82, 2.24) is 14.7 Å². The lowest BCUT2D eigenvalue weighted by Crippen LogP contribution is -2.52. The van der Waals surface area contributed by atoms with E-state index in [2.05, 4.69) is 22.0 Å². The van der Waals surface area contributed by atoms with Gasteiger partial charge in [0.25, 0.3) is 0 Å². The van der Waals surface area contributed by atoms with Crippen LogP contribution in [-0.4, -0.2) is 70.1 Å². The Bertz CT molecular complexity index is 708. The summed E-state index contributed by atoms with van der Waals surface area (Å²) < 4.78 is 0. The van der Waals surface area contributed by atoms with Crippen molar-refractivity contribution in [2.24, 2.45) is 5.41 Å². The Balaban J connectivity index is 1.23. The van der Waals surface area contributed by atoms with Crippen molar-refractivity contribution in [3.63, 3.8) is 0 Å². The molecule has 6 nitrogen and oxygen atoms in total. The standard InChI is InChI=1S/C21H29N3O3/c25-19-21(9-10-21)17-3-1-2-4-18(17)24(19)16-7-11-22(12-8-16)15-5-13-23(14-6-15)20(26)27/h1,3,15-16H,2,4-14H2,(H,26,27). The zero-order chi connectivity index (χ0) is 18.6. The molecule has 0 radical (unpaired) electrons. The molecule has 2 saturated heterocycles. The summed E-state index contributed by atoms with van der Waals surface area (Å²) in [4.78, 5) is 30.6. The van der Waals surface area contributed by atoms with Crippen LogP contribution in [0.4, 0.5) is 4.79 Å². The number of fused-ring (bicyclic) bond motifs is 1. The van der Waals surface area contributed by atoms with Gasteiger partial charge in [0.05, 0.1) is 5.41 Å². The third-order valence-electron chi connectivity index (χ3n) is 7.44. The molecular formula is C21H29N3O3. The van der Waals surface area contributed by atoms with Crippen LogP contribution in [0.3, 0.4) is 0 Å². The number of nitrogens with zero attached hydrogens (tertiary/aromatic N) is 3. The van der Waals surface area contributed by atoms with Gasteiger partial charge in [-0.1, -0.05) is 12.2 Å². The number of hydrogen-bond acceptors (Lipinski definition) is 3. The van der Waals surface area contributed by atoms with Crippen molar-refractivity contribution in [1.29, 1.82) is 0 Å². The molecule has 0 aromatic carbocycles. The third-order valence-corrected chi connectivity index (χ3v) is 7.44. The van der Waals surface area contributed by atoms with Gasteiger partial charge in [0.15, 0.2) is 0 Å². The fourth-order valence-electron chi connectivity index (χ4n) is 5.73. The fraction of sp³-hybridized carbons (Fsp3) is 0.714. The SMILES string of the molecule is O=C(O)N1CCC(N2CCC(N3C(=O)C4(CC4)C4=C3CCC=C4)CC2)CC1. The molecule has 5 rings (SSSR count). The fourth-order valence-corrected chi connectivity index (χ4v) is 5.73. The minimum atomic E-state index is -0.792. The van der Waals surface area contributed by atoms with Crippen LogP contribution in [0.25, 0.3) is 0 Å². The van der Waals surface area contributed by atoms with Gasteiger partial charge in [-0.25, -0.2) is 4.79 Å². The van der Waals surface area contributed by atoms with Crippen LogP contribution in [0.1, 0.15) is 51.4 Å². The highest BCUT2D eigenvalue weighted by molar-refractivity contribution is 5.95. The highest BCUT2D eigenvalue weighted by Crippen LogP contribution is 2.60. The predicted molar refractivity (Wildman–Crippen MR) is 101 cm³/mol. The second-order valence-electron chi connectivity index (χ2n) is 8.83. The first-order chi connectivity index (χ1) is 13.1.